The van der Waals surface area contributed by atoms with Crippen molar-refractivity contribution in [3.63, 3.8) is 0 Å². The van der Waals surface area contributed by atoms with Crippen molar-refractivity contribution in [3.8, 4) is 5.75 Å². The highest BCUT2D eigenvalue weighted by molar-refractivity contribution is 5.80. The van der Waals surface area contributed by atoms with Crippen molar-refractivity contribution in [2.24, 2.45) is 0 Å². The number of hydrogen-bond acceptors (Lipinski definition) is 4. The van der Waals surface area contributed by atoms with E-state index in [4.69, 9.17) is 9.84 Å². The van der Waals surface area contributed by atoms with Gasteiger partial charge in [0.25, 0.3) is 0 Å². The van der Waals surface area contributed by atoms with E-state index >= 15 is 0 Å². The molecule has 0 fully saturated rings. The van der Waals surface area contributed by atoms with E-state index in [1.54, 1.807) is 12.1 Å². The first-order valence-corrected chi connectivity index (χ1v) is 5.02. The molecule has 0 aliphatic carbocycles. The Morgan fingerprint density at radius 1 is 1.41 bits per heavy atom. The monoisotopic (exact) mass is 238 g/mol. The molecule has 1 atom stereocenters. The SMILES string of the molecule is COc1ccc(C(O)C(=O)O)c(CC(C)=O)c1. The van der Waals surface area contributed by atoms with Gasteiger partial charge in [0, 0.05) is 6.42 Å². The average molecular weight is 238 g/mol. The highest BCUT2D eigenvalue weighted by Gasteiger charge is 2.20. The molecule has 1 rings (SSSR count). The van der Waals surface area contributed by atoms with Gasteiger partial charge >= 0.3 is 5.97 Å². The van der Waals surface area contributed by atoms with Crippen LogP contribution in [0.25, 0.3) is 0 Å². The average Bonchev–Trinajstić information content (AvgIpc) is 2.27. The number of aliphatic hydroxyl groups excluding tert-OH is 1. The number of carbonyl (C=O) groups excluding carboxylic acids is 1. The second kappa shape index (κ2) is 5.45. The molecule has 0 aromatic heterocycles. The highest BCUT2D eigenvalue weighted by atomic mass is 16.5. The maximum atomic E-state index is 11.1. The number of carbonyl (C=O) groups is 2. The lowest BCUT2D eigenvalue weighted by Gasteiger charge is -2.12. The van der Waals surface area contributed by atoms with Gasteiger partial charge in [0.2, 0.25) is 0 Å². The summed E-state index contributed by atoms with van der Waals surface area (Å²) in [7, 11) is 1.47. The molecule has 0 spiro atoms. The van der Waals surface area contributed by atoms with Gasteiger partial charge in [-0.25, -0.2) is 4.79 Å². The first-order chi connectivity index (χ1) is 7.95. The van der Waals surface area contributed by atoms with Crippen LogP contribution < -0.4 is 4.74 Å². The maximum absolute atomic E-state index is 11.1. The fraction of sp³-hybridized carbons (Fsp3) is 0.333. The third-order valence-electron chi connectivity index (χ3n) is 2.32. The van der Waals surface area contributed by atoms with Crippen LogP contribution in [0.5, 0.6) is 5.75 Å². The zero-order valence-electron chi connectivity index (χ0n) is 9.64. The van der Waals surface area contributed by atoms with E-state index < -0.39 is 12.1 Å². The highest BCUT2D eigenvalue weighted by Crippen LogP contribution is 2.24. The number of benzene rings is 1. The summed E-state index contributed by atoms with van der Waals surface area (Å²) in [5.41, 5.74) is 0.681. The lowest BCUT2D eigenvalue weighted by molar-refractivity contribution is -0.147. The maximum Gasteiger partial charge on any atom is 0.337 e. The zero-order valence-corrected chi connectivity index (χ0v) is 9.64. The fourth-order valence-corrected chi connectivity index (χ4v) is 1.53. The third kappa shape index (κ3) is 3.29. The predicted octanol–water partition coefficient (Wildman–Crippen LogP) is 0.945. The summed E-state index contributed by atoms with van der Waals surface area (Å²) in [5.74, 6) is -0.945. The van der Waals surface area contributed by atoms with Crippen LogP contribution >= 0.6 is 0 Å². The molecular formula is C12H14O5. The Labute approximate surface area is 98.6 Å². The van der Waals surface area contributed by atoms with E-state index in [0.717, 1.165) is 0 Å². The summed E-state index contributed by atoms with van der Waals surface area (Å²) >= 11 is 0. The van der Waals surface area contributed by atoms with E-state index in [1.807, 2.05) is 0 Å². The Morgan fingerprint density at radius 3 is 2.53 bits per heavy atom. The minimum absolute atomic E-state index is 0.0663. The number of methoxy groups -OCH3 is 1. The number of aliphatic carboxylic acids is 1. The Hall–Kier alpha value is -1.88. The van der Waals surface area contributed by atoms with Crippen molar-refractivity contribution >= 4 is 11.8 Å². The number of rotatable bonds is 5. The predicted molar refractivity (Wildman–Crippen MR) is 60.0 cm³/mol. The van der Waals surface area contributed by atoms with Crippen LogP contribution in [0.3, 0.4) is 0 Å². The van der Waals surface area contributed by atoms with Gasteiger partial charge in [-0.1, -0.05) is 6.07 Å². The fourth-order valence-electron chi connectivity index (χ4n) is 1.53. The summed E-state index contributed by atoms with van der Waals surface area (Å²) < 4.78 is 4.99. The summed E-state index contributed by atoms with van der Waals surface area (Å²) in [4.78, 5) is 21.8. The van der Waals surface area contributed by atoms with Crippen LogP contribution in [-0.4, -0.2) is 29.1 Å². The molecule has 0 heterocycles. The van der Waals surface area contributed by atoms with Crippen LogP contribution in [0.15, 0.2) is 18.2 Å². The molecule has 1 aromatic rings. The molecular weight excluding hydrogens is 224 g/mol. The lowest BCUT2D eigenvalue weighted by atomic mass is 9.98. The van der Waals surface area contributed by atoms with Crippen molar-refractivity contribution < 1.29 is 24.5 Å². The Balaban J connectivity index is 3.18. The number of hydrogen-bond donors (Lipinski definition) is 2. The van der Waals surface area contributed by atoms with Crippen molar-refractivity contribution in [3.05, 3.63) is 29.3 Å². The van der Waals surface area contributed by atoms with Crippen LogP contribution in [0.2, 0.25) is 0 Å². The van der Waals surface area contributed by atoms with Crippen molar-refractivity contribution in [1.29, 1.82) is 0 Å². The minimum Gasteiger partial charge on any atom is -0.497 e. The number of carboxylic acids is 1. The van der Waals surface area contributed by atoms with Gasteiger partial charge < -0.3 is 14.9 Å². The quantitative estimate of drug-likeness (QED) is 0.797. The van der Waals surface area contributed by atoms with Gasteiger partial charge in [-0.15, -0.1) is 0 Å². The normalized spacial score (nSPS) is 11.9. The van der Waals surface area contributed by atoms with E-state index in [9.17, 15) is 14.7 Å². The molecule has 0 saturated carbocycles. The van der Waals surface area contributed by atoms with Crippen molar-refractivity contribution in [2.75, 3.05) is 7.11 Å². The molecule has 92 valence electrons. The summed E-state index contributed by atoms with van der Waals surface area (Å²) in [6, 6.07) is 4.56. The molecule has 5 nitrogen and oxygen atoms in total. The molecule has 0 radical (unpaired) electrons. The van der Waals surface area contributed by atoms with Gasteiger partial charge in [0.15, 0.2) is 6.10 Å². The molecule has 17 heavy (non-hydrogen) atoms. The first-order valence-electron chi connectivity index (χ1n) is 5.02. The largest absolute Gasteiger partial charge is 0.497 e. The molecule has 0 aliphatic rings. The smallest absolute Gasteiger partial charge is 0.337 e. The third-order valence-corrected chi connectivity index (χ3v) is 2.32. The Bertz CT molecular complexity index is 439. The van der Waals surface area contributed by atoms with Gasteiger partial charge in [-0.3, -0.25) is 4.79 Å². The Kier molecular flexibility index (Phi) is 4.23. The number of ketones is 1. The van der Waals surface area contributed by atoms with Crippen LogP contribution in [0.1, 0.15) is 24.2 Å². The summed E-state index contributed by atoms with van der Waals surface area (Å²) in [5, 5.41) is 18.3. The molecule has 0 bridgehead atoms. The topological polar surface area (TPSA) is 83.8 Å². The molecule has 0 saturated heterocycles. The molecule has 5 heteroatoms. The zero-order chi connectivity index (χ0) is 13.0. The van der Waals surface area contributed by atoms with Gasteiger partial charge in [0.05, 0.1) is 7.11 Å². The minimum atomic E-state index is -1.63. The molecule has 1 unspecified atom stereocenters. The van der Waals surface area contributed by atoms with Gasteiger partial charge in [-0.05, 0) is 30.2 Å². The summed E-state index contributed by atoms with van der Waals surface area (Å²) in [6.45, 7) is 1.40. The van der Waals surface area contributed by atoms with Crippen molar-refractivity contribution in [2.45, 2.75) is 19.4 Å². The second-order valence-corrected chi connectivity index (χ2v) is 3.68. The molecule has 0 aliphatic heterocycles. The van der Waals surface area contributed by atoms with Gasteiger partial charge in [0.1, 0.15) is 11.5 Å². The molecule has 1 aromatic carbocycles. The Morgan fingerprint density at radius 2 is 2.06 bits per heavy atom. The number of ether oxygens (including phenoxy) is 1. The lowest BCUT2D eigenvalue weighted by Crippen LogP contribution is -2.14. The number of carboxylic acid groups (broad SMARTS) is 1. The van der Waals surface area contributed by atoms with E-state index in [-0.39, 0.29) is 17.8 Å². The van der Waals surface area contributed by atoms with E-state index in [1.165, 1.54) is 20.1 Å². The van der Waals surface area contributed by atoms with Crippen LogP contribution in [-0.2, 0) is 16.0 Å². The number of aliphatic hydroxyl groups is 1. The van der Waals surface area contributed by atoms with Crippen molar-refractivity contribution in [1.82, 2.24) is 0 Å². The van der Waals surface area contributed by atoms with E-state index in [0.29, 0.717) is 11.3 Å². The molecule has 0 amide bonds. The van der Waals surface area contributed by atoms with Gasteiger partial charge in [-0.2, -0.15) is 0 Å². The second-order valence-electron chi connectivity index (χ2n) is 3.68. The van der Waals surface area contributed by atoms with Crippen LogP contribution in [0.4, 0.5) is 0 Å². The van der Waals surface area contributed by atoms with Crippen LogP contribution in [0, 0.1) is 0 Å². The summed E-state index contributed by atoms with van der Waals surface area (Å²) in [6.07, 6.45) is -1.56. The first kappa shape index (κ1) is 13.2. The standard InChI is InChI=1S/C12H14O5/c1-7(13)5-8-6-9(17-2)3-4-10(8)11(14)12(15)16/h3-4,6,11,14H,5H2,1-2H3,(H,15,16). The molecule has 2 N–H and O–H groups in total. The number of Topliss-reactive ketones (excluding diaryl/α,β-unsaturated/α-hetero) is 1. The van der Waals surface area contributed by atoms with E-state index in [2.05, 4.69) is 0 Å².